The van der Waals surface area contributed by atoms with Crippen molar-refractivity contribution in [1.29, 1.82) is 0 Å². The number of rotatable bonds is 4. The molecule has 0 radical (unpaired) electrons. The molecule has 1 atom stereocenters. The Labute approximate surface area is 84.5 Å². The maximum atomic E-state index is 10.5. The zero-order chi connectivity index (χ0) is 9.68. The first-order valence-electron chi connectivity index (χ1n) is 3.96. The van der Waals surface area contributed by atoms with Gasteiger partial charge in [0.25, 0.3) is 0 Å². The summed E-state index contributed by atoms with van der Waals surface area (Å²) in [4.78, 5) is 0. The predicted octanol–water partition coefficient (Wildman–Crippen LogP) is 1.62. The second kappa shape index (κ2) is 5.25. The van der Waals surface area contributed by atoms with Crippen LogP contribution in [0, 0.1) is 0 Å². The number of hydrogen-bond donors (Lipinski definition) is 1. The summed E-state index contributed by atoms with van der Waals surface area (Å²) in [5, 5.41) is 0. The molecule has 2 nitrogen and oxygen atoms in total. The minimum atomic E-state index is -2.35. The largest absolute Gasteiger partial charge is 0.232 e. The minimum Gasteiger partial charge on any atom is -0.232 e. The molecule has 0 aliphatic rings. The minimum absolute atomic E-state index is 0.0797. The van der Waals surface area contributed by atoms with Crippen molar-refractivity contribution >= 4 is 22.3 Å². The summed E-state index contributed by atoms with van der Waals surface area (Å²) in [6, 6.07) is 9.45. The summed E-state index contributed by atoms with van der Waals surface area (Å²) in [7, 11) is -2.35. The highest BCUT2D eigenvalue weighted by molar-refractivity contribution is 7.72. The van der Waals surface area contributed by atoms with Crippen LogP contribution in [0.5, 0.6) is 0 Å². The van der Waals surface area contributed by atoms with Gasteiger partial charge in [-0.05, 0) is 5.56 Å². The van der Waals surface area contributed by atoms with Crippen LogP contribution in [0.1, 0.15) is 11.5 Å². The summed E-state index contributed by atoms with van der Waals surface area (Å²) in [5.41, 5.74) is 0.983. The average molecular weight is 219 g/mol. The summed E-state index contributed by atoms with van der Waals surface area (Å²) in [5.74, 6) is 0.389. The molecule has 1 unspecified atom stereocenters. The van der Waals surface area contributed by atoms with E-state index in [-0.39, 0.29) is 11.7 Å². The first kappa shape index (κ1) is 10.5. The maximum absolute atomic E-state index is 10.5. The third-order valence-corrected chi connectivity index (χ3v) is 2.94. The first-order valence-corrected chi connectivity index (χ1v) is 5.86. The summed E-state index contributed by atoms with van der Waals surface area (Å²) in [6.07, 6.45) is 0. The van der Waals surface area contributed by atoms with Crippen LogP contribution in [-0.4, -0.2) is 20.1 Å². The molecule has 0 bridgehead atoms. The second-order valence-corrected chi connectivity index (χ2v) is 4.12. The Morgan fingerprint density at radius 3 is 2.31 bits per heavy atom. The lowest BCUT2D eigenvalue weighted by molar-refractivity contribution is 0.609. The number of thiol groups is 1. The maximum Gasteiger partial charge on any atom is 0.140 e. The van der Waals surface area contributed by atoms with Crippen LogP contribution in [0.4, 0.5) is 0 Å². The van der Waals surface area contributed by atoms with Crippen LogP contribution < -0.4 is 0 Å². The number of hydrogen-bond acceptors (Lipinski definition) is 2. The van der Waals surface area contributed by atoms with Crippen molar-refractivity contribution in [2.24, 2.45) is 0 Å². The third kappa shape index (κ3) is 3.36. The monoisotopic (exact) mass is 218 g/mol. The van der Waals surface area contributed by atoms with Gasteiger partial charge in [-0.2, -0.15) is 0 Å². The number of halogens is 1. The van der Waals surface area contributed by atoms with Gasteiger partial charge in [0.15, 0.2) is 0 Å². The molecule has 72 valence electrons. The van der Waals surface area contributed by atoms with Gasteiger partial charge in [-0.3, -0.25) is 0 Å². The Balaban J connectivity index is 2.78. The fraction of sp³-hybridized carbons (Fsp3) is 0.333. The van der Waals surface area contributed by atoms with E-state index in [1.165, 1.54) is 0 Å². The molecule has 1 aromatic rings. The Morgan fingerprint density at radius 1 is 1.23 bits per heavy atom. The van der Waals surface area contributed by atoms with Gasteiger partial charge in [0, 0.05) is 11.8 Å². The van der Waals surface area contributed by atoms with E-state index in [1.807, 2.05) is 30.3 Å². The third-order valence-electron chi connectivity index (χ3n) is 1.83. The molecule has 0 saturated carbocycles. The fourth-order valence-electron chi connectivity index (χ4n) is 1.15. The lowest BCUT2D eigenvalue weighted by Crippen LogP contribution is -2.07. The van der Waals surface area contributed by atoms with Crippen LogP contribution in [0.15, 0.2) is 30.3 Å². The molecule has 0 saturated heterocycles. The van der Waals surface area contributed by atoms with Gasteiger partial charge >= 0.3 is 0 Å². The van der Waals surface area contributed by atoms with Crippen molar-refractivity contribution in [3.8, 4) is 0 Å². The van der Waals surface area contributed by atoms with Gasteiger partial charge in [-0.25, -0.2) is 8.42 Å². The quantitative estimate of drug-likeness (QED) is 0.616. The molecule has 0 N–H and O–H groups in total. The van der Waals surface area contributed by atoms with Gasteiger partial charge in [-0.1, -0.05) is 30.3 Å². The summed E-state index contributed by atoms with van der Waals surface area (Å²) < 4.78 is 21.0. The Morgan fingerprint density at radius 2 is 1.85 bits per heavy atom. The van der Waals surface area contributed by atoms with Crippen molar-refractivity contribution in [3.05, 3.63) is 35.9 Å². The molecule has 0 aliphatic carbocycles. The van der Waals surface area contributed by atoms with E-state index in [2.05, 4.69) is 0 Å². The molecule has 0 spiro atoms. The molecular weight excluding hydrogens is 208 g/mol. The van der Waals surface area contributed by atoms with Gasteiger partial charge in [-0.15, -0.1) is 11.6 Å². The van der Waals surface area contributed by atoms with E-state index < -0.39 is 10.7 Å². The average Bonchev–Trinajstić information content (AvgIpc) is 2.15. The SMILES string of the molecule is O=[SH](=O)CC(CCl)c1ccccc1. The highest BCUT2D eigenvalue weighted by Gasteiger charge is 2.10. The first-order chi connectivity index (χ1) is 6.24. The summed E-state index contributed by atoms with van der Waals surface area (Å²) in [6.45, 7) is 0. The Bertz CT molecular complexity index is 314. The molecule has 0 amide bonds. The van der Waals surface area contributed by atoms with Crippen LogP contribution in [0.25, 0.3) is 0 Å². The molecule has 0 aromatic heterocycles. The fourth-order valence-corrected chi connectivity index (χ4v) is 2.29. The highest BCUT2D eigenvalue weighted by atomic mass is 35.5. The molecule has 1 aromatic carbocycles. The lowest BCUT2D eigenvalue weighted by Gasteiger charge is -2.09. The van der Waals surface area contributed by atoms with E-state index in [9.17, 15) is 8.42 Å². The van der Waals surface area contributed by atoms with Crippen molar-refractivity contribution in [2.45, 2.75) is 5.92 Å². The Kier molecular flexibility index (Phi) is 4.25. The van der Waals surface area contributed by atoms with Crippen molar-refractivity contribution in [1.82, 2.24) is 0 Å². The standard InChI is InChI=1S/C9H11ClO2S/c10-6-9(7-13(11)12)8-4-2-1-3-5-8/h1-5,9,13H,6-7H2. The van der Waals surface area contributed by atoms with Crippen LogP contribution >= 0.6 is 11.6 Å². The van der Waals surface area contributed by atoms with E-state index in [0.717, 1.165) is 5.56 Å². The second-order valence-electron chi connectivity index (χ2n) is 2.78. The van der Waals surface area contributed by atoms with E-state index in [4.69, 9.17) is 11.6 Å². The molecule has 0 fully saturated rings. The Hall–Kier alpha value is -0.540. The molecule has 0 heterocycles. The van der Waals surface area contributed by atoms with Gasteiger partial charge < -0.3 is 0 Å². The zero-order valence-corrected chi connectivity index (χ0v) is 8.67. The van der Waals surface area contributed by atoms with Crippen molar-refractivity contribution < 1.29 is 8.42 Å². The van der Waals surface area contributed by atoms with E-state index >= 15 is 0 Å². The van der Waals surface area contributed by atoms with Gasteiger partial charge in [0.1, 0.15) is 10.7 Å². The van der Waals surface area contributed by atoms with Gasteiger partial charge in [0.2, 0.25) is 0 Å². The lowest BCUT2D eigenvalue weighted by atomic mass is 10.0. The smallest absolute Gasteiger partial charge is 0.140 e. The van der Waals surface area contributed by atoms with Crippen LogP contribution in [-0.2, 0) is 10.7 Å². The molecule has 4 heteroatoms. The summed E-state index contributed by atoms with van der Waals surface area (Å²) >= 11 is 5.68. The highest BCUT2D eigenvalue weighted by Crippen LogP contribution is 2.16. The van der Waals surface area contributed by atoms with E-state index in [1.54, 1.807) is 0 Å². The molecule has 1 rings (SSSR count). The molecule has 13 heavy (non-hydrogen) atoms. The van der Waals surface area contributed by atoms with Gasteiger partial charge in [0.05, 0.1) is 5.75 Å². The van der Waals surface area contributed by atoms with Crippen molar-refractivity contribution in [2.75, 3.05) is 11.6 Å². The van der Waals surface area contributed by atoms with E-state index in [0.29, 0.717) is 5.88 Å². The topological polar surface area (TPSA) is 34.1 Å². The zero-order valence-electron chi connectivity index (χ0n) is 7.02. The number of benzene rings is 1. The van der Waals surface area contributed by atoms with Crippen LogP contribution in [0.2, 0.25) is 0 Å². The molecule has 0 aliphatic heterocycles. The van der Waals surface area contributed by atoms with Crippen molar-refractivity contribution in [3.63, 3.8) is 0 Å². The normalized spacial score (nSPS) is 13.1. The van der Waals surface area contributed by atoms with Crippen LogP contribution in [0.3, 0.4) is 0 Å². The number of alkyl halides is 1. The predicted molar refractivity (Wildman–Crippen MR) is 55.1 cm³/mol. The molecular formula is C9H11ClO2S.